The van der Waals surface area contributed by atoms with Gasteiger partial charge in [-0.3, -0.25) is 0 Å². The largest absolute Gasteiger partial charge is 0.494 e. The first kappa shape index (κ1) is 15.8. The lowest BCUT2D eigenvalue weighted by Crippen LogP contribution is -2.31. The second kappa shape index (κ2) is 7.45. The fourth-order valence-electron chi connectivity index (χ4n) is 2.00. The van der Waals surface area contributed by atoms with E-state index in [-0.39, 0.29) is 17.9 Å². The summed E-state index contributed by atoms with van der Waals surface area (Å²) in [6.45, 7) is 4.35. The van der Waals surface area contributed by atoms with Gasteiger partial charge >= 0.3 is 6.03 Å². The van der Waals surface area contributed by atoms with E-state index in [2.05, 4.69) is 10.6 Å². The maximum atomic E-state index is 12.9. The van der Waals surface area contributed by atoms with Gasteiger partial charge in [0.15, 0.2) is 0 Å². The molecule has 0 heterocycles. The molecule has 116 valence electrons. The number of anilines is 1. The predicted octanol–water partition coefficient (Wildman–Crippen LogP) is 4.11. The first-order valence-electron chi connectivity index (χ1n) is 7.14. The van der Waals surface area contributed by atoms with Crippen LogP contribution in [0.3, 0.4) is 0 Å². The van der Waals surface area contributed by atoms with E-state index < -0.39 is 0 Å². The third-order valence-electron chi connectivity index (χ3n) is 3.14. The number of urea groups is 1. The number of benzene rings is 2. The van der Waals surface area contributed by atoms with Crippen molar-refractivity contribution in [1.29, 1.82) is 0 Å². The summed E-state index contributed by atoms with van der Waals surface area (Å²) >= 11 is 0. The number of hydrogen-bond donors (Lipinski definition) is 2. The van der Waals surface area contributed by atoms with Crippen LogP contribution in [-0.2, 0) is 0 Å². The van der Waals surface area contributed by atoms with Crippen LogP contribution in [0.2, 0.25) is 0 Å². The fraction of sp³-hybridized carbons (Fsp3) is 0.235. The highest BCUT2D eigenvalue weighted by Gasteiger charge is 2.09. The van der Waals surface area contributed by atoms with Gasteiger partial charge in [-0.2, -0.15) is 0 Å². The second-order valence-corrected chi connectivity index (χ2v) is 4.83. The Kier molecular flexibility index (Phi) is 5.36. The molecule has 5 heteroatoms. The molecule has 0 spiro atoms. The highest BCUT2D eigenvalue weighted by Crippen LogP contribution is 2.16. The Morgan fingerprint density at radius 1 is 1.14 bits per heavy atom. The van der Waals surface area contributed by atoms with E-state index in [0.29, 0.717) is 12.3 Å². The van der Waals surface area contributed by atoms with Crippen molar-refractivity contribution in [3.05, 3.63) is 59.9 Å². The number of hydrogen-bond acceptors (Lipinski definition) is 2. The van der Waals surface area contributed by atoms with E-state index in [4.69, 9.17) is 4.74 Å². The molecule has 0 saturated heterocycles. The van der Waals surface area contributed by atoms with E-state index >= 15 is 0 Å². The molecule has 0 saturated carbocycles. The number of nitrogens with one attached hydrogen (secondary N) is 2. The number of rotatable bonds is 5. The SMILES string of the molecule is CCOc1ccc(NC(=O)N[C@H](C)c2ccc(F)cc2)cc1. The van der Waals surface area contributed by atoms with E-state index in [1.54, 1.807) is 36.4 Å². The summed E-state index contributed by atoms with van der Waals surface area (Å²) in [5.41, 5.74) is 1.51. The Morgan fingerprint density at radius 2 is 1.77 bits per heavy atom. The molecular formula is C17H19FN2O2. The van der Waals surface area contributed by atoms with Crippen molar-refractivity contribution in [3.63, 3.8) is 0 Å². The van der Waals surface area contributed by atoms with Crippen LogP contribution in [-0.4, -0.2) is 12.6 Å². The molecule has 0 unspecified atom stereocenters. The minimum atomic E-state index is -0.319. The van der Waals surface area contributed by atoms with Crippen molar-refractivity contribution in [2.75, 3.05) is 11.9 Å². The summed E-state index contributed by atoms with van der Waals surface area (Å²) in [6, 6.07) is 12.6. The normalized spacial score (nSPS) is 11.6. The smallest absolute Gasteiger partial charge is 0.319 e. The molecule has 0 aliphatic carbocycles. The quantitative estimate of drug-likeness (QED) is 0.873. The molecule has 0 aliphatic heterocycles. The van der Waals surface area contributed by atoms with Gasteiger partial charge in [0, 0.05) is 5.69 Å². The Morgan fingerprint density at radius 3 is 2.36 bits per heavy atom. The Balaban J connectivity index is 1.90. The van der Waals surface area contributed by atoms with Crippen LogP contribution < -0.4 is 15.4 Å². The van der Waals surface area contributed by atoms with Gasteiger partial charge in [-0.1, -0.05) is 12.1 Å². The fourth-order valence-corrected chi connectivity index (χ4v) is 2.00. The van der Waals surface area contributed by atoms with Gasteiger partial charge in [-0.15, -0.1) is 0 Å². The number of carbonyl (C=O) groups is 1. The average Bonchev–Trinajstić information content (AvgIpc) is 2.50. The third kappa shape index (κ3) is 4.48. The van der Waals surface area contributed by atoms with Crippen LogP contribution in [0.5, 0.6) is 5.75 Å². The maximum absolute atomic E-state index is 12.9. The predicted molar refractivity (Wildman–Crippen MR) is 84.6 cm³/mol. The molecule has 4 nitrogen and oxygen atoms in total. The second-order valence-electron chi connectivity index (χ2n) is 4.83. The molecule has 2 aromatic carbocycles. The molecule has 0 bridgehead atoms. The number of carbonyl (C=O) groups excluding carboxylic acids is 1. The summed E-state index contributed by atoms with van der Waals surface area (Å²) < 4.78 is 18.2. The Bertz CT molecular complexity index is 612. The summed E-state index contributed by atoms with van der Waals surface area (Å²) in [5, 5.41) is 5.54. The van der Waals surface area contributed by atoms with Crippen LogP contribution >= 0.6 is 0 Å². The van der Waals surface area contributed by atoms with Crippen LogP contribution in [0.25, 0.3) is 0 Å². The van der Waals surface area contributed by atoms with Crippen molar-refractivity contribution in [2.24, 2.45) is 0 Å². The molecule has 0 aliphatic rings. The lowest BCUT2D eigenvalue weighted by molar-refractivity contribution is 0.249. The van der Waals surface area contributed by atoms with Gasteiger partial charge < -0.3 is 15.4 Å². The van der Waals surface area contributed by atoms with Crippen LogP contribution in [0.4, 0.5) is 14.9 Å². The van der Waals surface area contributed by atoms with Crippen LogP contribution in [0.1, 0.15) is 25.5 Å². The standard InChI is InChI=1S/C17H19FN2O2/c1-3-22-16-10-8-15(9-11-16)20-17(21)19-12(2)13-4-6-14(18)7-5-13/h4-12H,3H2,1-2H3,(H2,19,20,21)/t12-/m1/s1. The van der Waals surface area contributed by atoms with Crippen molar-refractivity contribution in [3.8, 4) is 5.75 Å². The minimum absolute atomic E-state index is 0.219. The lowest BCUT2D eigenvalue weighted by Gasteiger charge is -2.15. The molecule has 2 N–H and O–H groups in total. The summed E-state index contributed by atoms with van der Waals surface area (Å²) in [7, 11) is 0. The van der Waals surface area contributed by atoms with Gasteiger partial charge in [0.1, 0.15) is 11.6 Å². The van der Waals surface area contributed by atoms with Gasteiger partial charge in [-0.25, -0.2) is 9.18 Å². The number of amides is 2. The first-order valence-corrected chi connectivity index (χ1v) is 7.14. The monoisotopic (exact) mass is 302 g/mol. The van der Waals surface area contributed by atoms with Crippen molar-refractivity contribution >= 4 is 11.7 Å². The maximum Gasteiger partial charge on any atom is 0.319 e. The highest BCUT2D eigenvalue weighted by molar-refractivity contribution is 5.89. The highest BCUT2D eigenvalue weighted by atomic mass is 19.1. The zero-order chi connectivity index (χ0) is 15.9. The average molecular weight is 302 g/mol. The topological polar surface area (TPSA) is 50.4 Å². The summed E-state index contributed by atoms with van der Waals surface area (Å²) in [5.74, 6) is 0.461. The van der Waals surface area contributed by atoms with E-state index in [9.17, 15) is 9.18 Å². The van der Waals surface area contributed by atoms with Crippen LogP contribution in [0, 0.1) is 5.82 Å². The first-order chi connectivity index (χ1) is 10.6. The third-order valence-corrected chi connectivity index (χ3v) is 3.14. The van der Waals surface area contributed by atoms with Gasteiger partial charge in [0.2, 0.25) is 0 Å². The van der Waals surface area contributed by atoms with E-state index in [1.807, 2.05) is 13.8 Å². The van der Waals surface area contributed by atoms with Gasteiger partial charge in [-0.05, 0) is 55.8 Å². The zero-order valence-corrected chi connectivity index (χ0v) is 12.6. The summed E-state index contributed by atoms with van der Waals surface area (Å²) in [4.78, 5) is 11.9. The minimum Gasteiger partial charge on any atom is -0.494 e. The molecule has 2 aromatic rings. The van der Waals surface area contributed by atoms with Crippen LogP contribution in [0.15, 0.2) is 48.5 Å². The Hall–Kier alpha value is -2.56. The van der Waals surface area contributed by atoms with Crippen molar-refractivity contribution in [1.82, 2.24) is 5.32 Å². The molecular weight excluding hydrogens is 283 g/mol. The zero-order valence-electron chi connectivity index (χ0n) is 12.6. The molecule has 2 amide bonds. The lowest BCUT2D eigenvalue weighted by atomic mass is 10.1. The van der Waals surface area contributed by atoms with Gasteiger partial charge in [0.25, 0.3) is 0 Å². The van der Waals surface area contributed by atoms with Gasteiger partial charge in [0.05, 0.1) is 12.6 Å². The number of ether oxygens (including phenoxy) is 1. The summed E-state index contributed by atoms with van der Waals surface area (Å²) in [6.07, 6.45) is 0. The van der Waals surface area contributed by atoms with E-state index in [1.165, 1.54) is 12.1 Å². The molecule has 0 fully saturated rings. The number of halogens is 1. The molecule has 22 heavy (non-hydrogen) atoms. The van der Waals surface area contributed by atoms with Crippen molar-refractivity contribution < 1.29 is 13.9 Å². The Labute approximate surface area is 129 Å². The van der Waals surface area contributed by atoms with E-state index in [0.717, 1.165) is 11.3 Å². The van der Waals surface area contributed by atoms with Crippen molar-refractivity contribution in [2.45, 2.75) is 19.9 Å². The molecule has 1 atom stereocenters. The molecule has 0 aromatic heterocycles. The molecule has 0 radical (unpaired) electrons. The molecule has 2 rings (SSSR count).